The van der Waals surface area contributed by atoms with Crippen LogP contribution in [0.3, 0.4) is 0 Å². The van der Waals surface area contributed by atoms with Gasteiger partial charge in [-0.15, -0.1) is 0 Å². The first-order valence-electron chi connectivity index (χ1n) is 10.9. The number of azo groups is 1. The Hall–Kier alpha value is -4.59. The number of amides is 1. The molecule has 0 aromatic heterocycles. The van der Waals surface area contributed by atoms with E-state index in [9.17, 15) is 14.4 Å². The van der Waals surface area contributed by atoms with E-state index in [0.717, 1.165) is 5.69 Å². The van der Waals surface area contributed by atoms with Gasteiger partial charge in [-0.25, -0.2) is 9.59 Å². The minimum Gasteiger partial charge on any atom is -0.459 e. The van der Waals surface area contributed by atoms with Gasteiger partial charge in [-0.1, -0.05) is 43.0 Å². The number of carbonyl (C=O) groups is 3. The standard InChI is InChI=1S/C27H25N3O5/c1-19(2)26(32)34-17-18-35-27(33)21-8-6-7-20(11-12-21)25(31)28-22-13-15-24(16-14-22)30-29-23-9-4-3-5-10-23/h3-6,8-16H,1,7,17-18H2,2H3,(H,28,31). The molecule has 2 aromatic carbocycles. The minimum absolute atomic E-state index is 0.0651. The van der Waals surface area contributed by atoms with Gasteiger partial charge in [0.05, 0.1) is 16.9 Å². The van der Waals surface area contributed by atoms with Gasteiger partial charge >= 0.3 is 11.9 Å². The Labute approximate surface area is 203 Å². The van der Waals surface area contributed by atoms with Crippen LogP contribution < -0.4 is 5.32 Å². The number of esters is 2. The highest BCUT2D eigenvalue weighted by molar-refractivity contribution is 6.04. The number of hydrogen-bond acceptors (Lipinski definition) is 7. The summed E-state index contributed by atoms with van der Waals surface area (Å²) in [6, 6.07) is 16.4. The lowest BCUT2D eigenvalue weighted by Crippen LogP contribution is -2.14. The fourth-order valence-electron chi connectivity index (χ4n) is 2.84. The van der Waals surface area contributed by atoms with Crippen molar-refractivity contribution in [3.63, 3.8) is 0 Å². The average Bonchev–Trinajstić information content (AvgIpc) is 3.13. The third-order valence-electron chi connectivity index (χ3n) is 4.69. The number of rotatable bonds is 9. The van der Waals surface area contributed by atoms with Gasteiger partial charge in [0.1, 0.15) is 13.2 Å². The molecule has 0 bridgehead atoms. The largest absolute Gasteiger partial charge is 0.459 e. The number of nitrogens with one attached hydrogen (secondary N) is 1. The van der Waals surface area contributed by atoms with Crippen LogP contribution in [0.1, 0.15) is 13.3 Å². The molecule has 3 rings (SSSR count). The third kappa shape index (κ3) is 8.04. The van der Waals surface area contributed by atoms with E-state index in [2.05, 4.69) is 22.1 Å². The van der Waals surface area contributed by atoms with Crippen LogP contribution in [-0.2, 0) is 23.9 Å². The predicted molar refractivity (Wildman–Crippen MR) is 132 cm³/mol. The molecule has 0 aliphatic heterocycles. The maximum Gasteiger partial charge on any atom is 0.338 e. The summed E-state index contributed by atoms with van der Waals surface area (Å²) in [5, 5.41) is 11.2. The Morgan fingerprint density at radius 2 is 1.57 bits per heavy atom. The number of ether oxygens (including phenoxy) is 2. The first-order chi connectivity index (χ1) is 16.9. The quantitative estimate of drug-likeness (QED) is 0.224. The number of nitrogens with zero attached hydrogens (tertiary/aromatic N) is 2. The molecule has 8 heteroatoms. The molecule has 0 saturated carbocycles. The number of hydrogen-bond donors (Lipinski definition) is 1. The van der Waals surface area contributed by atoms with Crippen LogP contribution in [0, 0.1) is 0 Å². The summed E-state index contributed by atoms with van der Waals surface area (Å²) in [4.78, 5) is 36.2. The van der Waals surface area contributed by atoms with Crippen molar-refractivity contribution in [1.82, 2.24) is 0 Å². The number of benzene rings is 2. The van der Waals surface area contributed by atoms with Gasteiger partial charge in [0.25, 0.3) is 5.91 Å². The molecule has 8 nitrogen and oxygen atoms in total. The van der Waals surface area contributed by atoms with Gasteiger partial charge in [0.2, 0.25) is 0 Å². The van der Waals surface area contributed by atoms with Crippen LogP contribution in [0.4, 0.5) is 17.1 Å². The van der Waals surface area contributed by atoms with Crippen LogP contribution in [-0.4, -0.2) is 31.1 Å². The van der Waals surface area contributed by atoms with Crippen molar-refractivity contribution in [3.05, 3.63) is 102 Å². The lowest BCUT2D eigenvalue weighted by molar-refractivity contribution is -0.147. The van der Waals surface area contributed by atoms with E-state index in [1.807, 2.05) is 30.3 Å². The second-order valence-electron chi connectivity index (χ2n) is 7.51. The summed E-state index contributed by atoms with van der Waals surface area (Å²) in [6.07, 6.45) is 6.74. The predicted octanol–water partition coefficient (Wildman–Crippen LogP) is 5.52. The van der Waals surface area contributed by atoms with E-state index in [0.29, 0.717) is 23.4 Å². The number of carbonyl (C=O) groups excluding carboxylic acids is 3. The smallest absolute Gasteiger partial charge is 0.338 e. The SMILES string of the molecule is C=C(C)C(=O)OCCOC(=O)C1=CC=C(C(=O)Nc2ccc(N=Nc3ccccc3)cc2)CC=C1. The van der Waals surface area contributed by atoms with Crippen molar-refractivity contribution in [2.75, 3.05) is 18.5 Å². The minimum atomic E-state index is -0.578. The molecule has 35 heavy (non-hydrogen) atoms. The summed E-state index contributed by atoms with van der Waals surface area (Å²) in [5.74, 6) is -1.41. The summed E-state index contributed by atoms with van der Waals surface area (Å²) in [5.41, 5.74) is 3.05. The Bertz CT molecular complexity index is 1210. The Kier molecular flexibility index (Phi) is 9.01. The van der Waals surface area contributed by atoms with E-state index in [1.54, 1.807) is 42.5 Å². The average molecular weight is 472 g/mol. The molecular weight excluding hydrogens is 446 g/mol. The van der Waals surface area contributed by atoms with Crippen LogP contribution in [0.15, 0.2) is 112 Å². The van der Waals surface area contributed by atoms with Gasteiger partial charge < -0.3 is 14.8 Å². The first-order valence-corrected chi connectivity index (χ1v) is 10.9. The third-order valence-corrected chi connectivity index (χ3v) is 4.69. The molecule has 1 amide bonds. The van der Waals surface area contributed by atoms with Gasteiger partial charge in [0, 0.05) is 16.8 Å². The summed E-state index contributed by atoms with van der Waals surface area (Å²) in [7, 11) is 0. The highest BCUT2D eigenvalue weighted by Crippen LogP contribution is 2.21. The lowest BCUT2D eigenvalue weighted by Gasteiger charge is -2.07. The normalized spacial score (nSPS) is 12.8. The van der Waals surface area contributed by atoms with Crippen LogP contribution in [0.2, 0.25) is 0 Å². The fourth-order valence-corrected chi connectivity index (χ4v) is 2.84. The van der Waals surface area contributed by atoms with Gasteiger partial charge in [0.15, 0.2) is 0 Å². The fraction of sp³-hybridized carbons (Fsp3) is 0.148. The molecule has 178 valence electrons. The van der Waals surface area contributed by atoms with Crippen molar-refractivity contribution < 1.29 is 23.9 Å². The summed E-state index contributed by atoms with van der Waals surface area (Å²) < 4.78 is 9.99. The topological polar surface area (TPSA) is 106 Å². The number of allylic oxidation sites excluding steroid dienone is 3. The Morgan fingerprint density at radius 3 is 2.26 bits per heavy atom. The van der Waals surface area contributed by atoms with E-state index in [4.69, 9.17) is 9.47 Å². The van der Waals surface area contributed by atoms with E-state index < -0.39 is 11.9 Å². The second-order valence-corrected chi connectivity index (χ2v) is 7.51. The Morgan fingerprint density at radius 1 is 0.914 bits per heavy atom. The van der Waals surface area contributed by atoms with Crippen molar-refractivity contribution in [1.29, 1.82) is 0 Å². The zero-order valence-electron chi connectivity index (χ0n) is 19.3. The molecule has 0 spiro atoms. The van der Waals surface area contributed by atoms with E-state index >= 15 is 0 Å². The monoisotopic (exact) mass is 471 g/mol. The number of anilines is 1. The molecular formula is C27H25N3O5. The molecule has 0 unspecified atom stereocenters. The van der Waals surface area contributed by atoms with Gasteiger partial charge in [-0.3, -0.25) is 4.79 Å². The van der Waals surface area contributed by atoms with E-state index in [-0.39, 0.29) is 30.3 Å². The molecule has 1 N–H and O–H groups in total. The molecule has 0 fully saturated rings. The Balaban J connectivity index is 1.52. The molecule has 1 aliphatic carbocycles. The summed E-state index contributed by atoms with van der Waals surface area (Å²) in [6.45, 7) is 4.86. The molecule has 1 aliphatic rings. The zero-order valence-corrected chi connectivity index (χ0v) is 19.3. The maximum absolute atomic E-state index is 12.7. The van der Waals surface area contributed by atoms with Crippen molar-refractivity contribution in [3.8, 4) is 0 Å². The van der Waals surface area contributed by atoms with Crippen molar-refractivity contribution in [2.24, 2.45) is 10.2 Å². The molecule has 0 heterocycles. The maximum atomic E-state index is 12.7. The van der Waals surface area contributed by atoms with Crippen LogP contribution in [0.25, 0.3) is 0 Å². The highest BCUT2D eigenvalue weighted by Gasteiger charge is 2.14. The second kappa shape index (κ2) is 12.6. The van der Waals surface area contributed by atoms with Crippen molar-refractivity contribution in [2.45, 2.75) is 13.3 Å². The molecule has 2 aromatic rings. The van der Waals surface area contributed by atoms with E-state index in [1.165, 1.54) is 13.0 Å². The molecule has 0 saturated heterocycles. The lowest BCUT2D eigenvalue weighted by atomic mass is 10.1. The van der Waals surface area contributed by atoms with Gasteiger partial charge in [-0.05, 0) is 55.8 Å². The van der Waals surface area contributed by atoms with Crippen LogP contribution >= 0.6 is 0 Å². The molecule has 0 radical (unpaired) electrons. The van der Waals surface area contributed by atoms with Crippen molar-refractivity contribution >= 4 is 34.9 Å². The molecule has 0 atom stereocenters. The highest BCUT2D eigenvalue weighted by atomic mass is 16.6. The zero-order chi connectivity index (χ0) is 25.0. The first kappa shape index (κ1) is 25.0. The summed E-state index contributed by atoms with van der Waals surface area (Å²) >= 11 is 0. The van der Waals surface area contributed by atoms with Crippen LogP contribution in [0.5, 0.6) is 0 Å². The van der Waals surface area contributed by atoms with Gasteiger partial charge in [-0.2, -0.15) is 10.2 Å².